The van der Waals surface area contributed by atoms with E-state index in [9.17, 15) is 8.42 Å². The van der Waals surface area contributed by atoms with Crippen LogP contribution in [0.1, 0.15) is 18.4 Å². The lowest BCUT2D eigenvalue weighted by Gasteiger charge is -2.16. The first-order valence-corrected chi connectivity index (χ1v) is 9.94. The van der Waals surface area contributed by atoms with Crippen molar-refractivity contribution >= 4 is 33.4 Å². The summed E-state index contributed by atoms with van der Waals surface area (Å²) in [5.41, 5.74) is 0.648. The Bertz CT molecular complexity index is 806. The Balaban J connectivity index is 1.68. The monoisotopic (exact) mass is 368 g/mol. The van der Waals surface area contributed by atoms with Crippen LogP contribution in [-0.2, 0) is 10.0 Å². The van der Waals surface area contributed by atoms with Crippen LogP contribution in [0.4, 0.5) is 0 Å². The number of pyridine rings is 1. The Morgan fingerprint density at radius 3 is 2.61 bits per heavy atom. The predicted molar refractivity (Wildman–Crippen MR) is 93.4 cm³/mol. The van der Waals surface area contributed by atoms with Crippen molar-refractivity contribution in [3.63, 3.8) is 0 Å². The molecule has 0 aliphatic heterocycles. The van der Waals surface area contributed by atoms with E-state index in [2.05, 4.69) is 9.71 Å². The Labute approximate surface area is 145 Å². The fourth-order valence-corrected chi connectivity index (χ4v) is 4.78. The fourth-order valence-electron chi connectivity index (χ4n) is 2.18. The van der Waals surface area contributed by atoms with Gasteiger partial charge >= 0.3 is 0 Å². The van der Waals surface area contributed by atoms with Gasteiger partial charge in [0, 0.05) is 22.4 Å². The number of nitrogens with one attached hydrogen (secondary N) is 1. The highest BCUT2D eigenvalue weighted by Gasteiger charge is 2.44. The molecule has 1 aliphatic rings. The lowest BCUT2D eigenvalue weighted by molar-refractivity contribution is 0.579. The Morgan fingerprint density at radius 1 is 1.30 bits per heavy atom. The van der Waals surface area contributed by atoms with Crippen molar-refractivity contribution in [3.05, 3.63) is 53.3 Å². The van der Waals surface area contributed by atoms with E-state index in [1.807, 2.05) is 30.3 Å². The van der Waals surface area contributed by atoms with Gasteiger partial charge in [0.15, 0.2) is 0 Å². The second-order valence-electron chi connectivity index (χ2n) is 5.70. The number of halogens is 1. The quantitative estimate of drug-likeness (QED) is 0.791. The molecular formula is C16H17ClN2O2S2. The first-order chi connectivity index (χ1) is 10.9. The van der Waals surface area contributed by atoms with Gasteiger partial charge in [-0.3, -0.25) is 0 Å². The third-order valence-electron chi connectivity index (χ3n) is 3.77. The zero-order valence-corrected chi connectivity index (χ0v) is 15.0. The molecule has 1 aromatic carbocycles. The molecule has 0 amide bonds. The Hall–Kier alpha value is -1.08. The van der Waals surface area contributed by atoms with Gasteiger partial charge in [-0.2, -0.15) is 0 Å². The maximum absolute atomic E-state index is 12.4. The van der Waals surface area contributed by atoms with E-state index in [1.54, 1.807) is 24.8 Å². The van der Waals surface area contributed by atoms with Gasteiger partial charge in [-0.1, -0.05) is 29.8 Å². The van der Waals surface area contributed by atoms with Crippen LogP contribution >= 0.6 is 23.4 Å². The highest BCUT2D eigenvalue weighted by atomic mass is 35.5. The van der Waals surface area contributed by atoms with E-state index in [1.165, 1.54) is 6.20 Å². The first-order valence-electron chi connectivity index (χ1n) is 7.26. The summed E-state index contributed by atoms with van der Waals surface area (Å²) < 4.78 is 27.5. The standard InChI is InChI=1S/C16H17ClN2O2S2/c1-12-9-14(10-18-15(12)17)23(20,21)19-11-16(7-8-16)22-13-5-3-2-4-6-13/h2-6,9-10,19H,7-8,11H2,1H3. The SMILES string of the molecule is Cc1cc(S(=O)(=O)NCC2(Sc3ccccc3)CC2)cnc1Cl. The zero-order valence-electron chi connectivity index (χ0n) is 12.6. The number of benzene rings is 1. The normalized spacial score (nSPS) is 16.3. The second-order valence-corrected chi connectivity index (χ2v) is 9.37. The van der Waals surface area contributed by atoms with Crippen LogP contribution in [0, 0.1) is 6.92 Å². The fraction of sp³-hybridized carbons (Fsp3) is 0.312. The maximum atomic E-state index is 12.4. The van der Waals surface area contributed by atoms with Gasteiger partial charge in [-0.15, -0.1) is 11.8 Å². The van der Waals surface area contributed by atoms with Crippen LogP contribution in [0.25, 0.3) is 0 Å². The Kier molecular flexibility index (Phi) is 4.69. The predicted octanol–water partition coefficient (Wildman–Crippen LogP) is 3.65. The summed E-state index contributed by atoms with van der Waals surface area (Å²) in [6.45, 7) is 2.15. The van der Waals surface area contributed by atoms with Crippen molar-refractivity contribution in [3.8, 4) is 0 Å². The summed E-state index contributed by atoms with van der Waals surface area (Å²) in [5.74, 6) is 0. The molecule has 3 rings (SSSR count). The number of hydrogen-bond acceptors (Lipinski definition) is 4. The molecule has 1 saturated carbocycles. The van der Waals surface area contributed by atoms with Crippen molar-refractivity contribution in [2.75, 3.05) is 6.54 Å². The van der Waals surface area contributed by atoms with E-state index in [4.69, 9.17) is 11.6 Å². The van der Waals surface area contributed by atoms with Gasteiger partial charge in [-0.25, -0.2) is 18.1 Å². The minimum absolute atomic E-state index is 0.0384. The highest BCUT2D eigenvalue weighted by Crippen LogP contribution is 2.51. The average Bonchev–Trinajstić information content (AvgIpc) is 3.29. The van der Waals surface area contributed by atoms with Crippen molar-refractivity contribution in [2.45, 2.75) is 34.3 Å². The largest absolute Gasteiger partial charge is 0.243 e. The smallest absolute Gasteiger partial charge is 0.242 e. The average molecular weight is 369 g/mol. The third kappa shape index (κ3) is 4.07. The second kappa shape index (κ2) is 6.43. The van der Waals surface area contributed by atoms with Crippen LogP contribution < -0.4 is 4.72 Å². The minimum Gasteiger partial charge on any atom is -0.243 e. The number of sulfonamides is 1. The lowest BCUT2D eigenvalue weighted by Crippen LogP contribution is -2.32. The molecule has 1 fully saturated rings. The molecule has 0 radical (unpaired) electrons. The molecule has 0 saturated heterocycles. The lowest BCUT2D eigenvalue weighted by atomic mass is 10.3. The molecule has 0 unspecified atom stereocenters. The molecule has 23 heavy (non-hydrogen) atoms. The van der Waals surface area contributed by atoms with E-state index < -0.39 is 10.0 Å². The molecule has 4 nitrogen and oxygen atoms in total. The summed E-state index contributed by atoms with van der Waals surface area (Å²) in [6, 6.07) is 11.6. The molecule has 122 valence electrons. The van der Waals surface area contributed by atoms with Gasteiger partial charge < -0.3 is 0 Å². The molecule has 0 bridgehead atoms. The van der Waals surface area contributed by atoms with Gasteiger partial charge in [0.1, 0.15) is 10.0 Å². The summed E-state index contributed by atoms with van der Waals surface area (Å²) in [6.07, 6.45) is 3.31. The molecule has 0 atom stereocenters. The molecule has 1 aliphatic carbocycles. The Morgan fingerprint density at radius 2 is 2.00 bits per heavy atom. The number of thioether (sulfide) groups is 1. The van der Waals surface area contributed by atoms with Gasteiger partial charge in [-0.05, 0) is 43.5 Å². The zero-order chi connectivity index (χ0) is 16.5. The van der Waals surface area contributed by atoms with Crippen molar-refractivity contribution in [1.29, 1.82) is 0 Å². The molecular weight excluding hydrogens is 352 g/mol. The number of rotatable bonds is 6. The molecule has 1 heterocycles. The van der Waals surface area contributed by atoms with E-state index in [0.717, 1.165) is 17.7 Å². The van der Waals surface area contributed by atoms with Gasteiger partial charge in [0.05, 0.1) is 0 Å². The molecule has 0 spiro atoms. The van der Waals surface area contributed by atoms with E-state index >= 15 is 0 Å². The van der Waals surface area contributed by atoms with Crippen LogP contribution in [-0.4, -0.2) is 24.7 Å². The molecule has 7 heteroatoms. The van der Waals surface area contributed by atoms with Crippen LogP contribution in [0.2, 0.25) is 5.15 Å². The topological polar surface area (TPSA) is 59.1 Å². The molecule has 1 aromatic heterocycles. The number of nitrogens with zero attached hydrogens (tertiary/aromatic N) is 1. The first kappa shape index (κ1) is 16.8. The summed E-state index contributed by atoms with van der Waals surface area (Å²) in [4.78, 5) is 5.23. The summed E-state index contributed by atoms with van der Waals surface area (Å²) in [7, 11) is -3.57. The van der Waals surface area contributed by atoms with Gasteiger partial charge in [0.2, 0.25) is 10.0 Å². The minimum atomic E-state index is -3.57. The van der Waals surface area contributed by atoms with Crippen molar-refractivity contribution < 1.29 is 8.42 Å². The molecule has 1 N–H and O–H groups in total. The molecule has 2 aromatic rings. The number of aryl methyl sites for hydroxylation is 1. The van der Waals surface area contributed by atoms with Crippen molar-refractivity contribution in [1.82, 2.24) is 9.71 Å². The highest BCUT2D eigenvalue weighted by molar-refractivity contribution is 8.01. The van der Waals surface area contributed by atoms with Crippen molar-refractivity contribution in [2.24, 2.45) is 0 Å². The van der Waals surface area contributed by atoms with Crippen LogP contribution in [0.5, 0.6) is 0 Å². The van der Waals surface area contributed by atoms with E-state index in [0.29, 0.717) is 17.3 Å². The summed E-state index contributed by atoms with van der Waals surface area (Å²) in [5, 5.41) is 0.322. The van der Waals surface area contributed by atoms with Gasteiger partial charge in [0.25, 0.3) is 0 Å². The third-order valence-corrected chi connectivity index (χ3v) is 7.03. The van der Waals surface area contributed by atoms with Crippen LogP contribution in [0.3, 0.4) is 0 Å². The summed E-state index contributed by atoms with van der Waals surface area (Å²) >= 11 is 7.59. The van der Waals surface area contributed by atoms with Crippen LogP contribution in [0.15, 0.2) is 52.4 Å². The maximum Gasteiger partial charge on any atom is 0.242 e. The number of aromatic nitrogens is 1. The van der Waals surface area contributed by atoms with E-state index in [-0.39, 0.29) is 9.64 Å². The number of hydrogen-bond donors (Lipinski definition) is 1.